The summed E-state index contributed by atoms with van der Waals surface area (Å²) in [4.78, 5) is 7.45. The summed E-state index contributed by atoms with van der Waals surface area (Å²) in [6.45, 7) is 0. The molecule has 3 N–H and O–H groups in total. The van der Waals surface area contributed by atoms with Gasteiger partial charge < -0.3 is 10.7 Å². The monoisotopic (exact) mass is 277 g/mol. The molecule has 0 aliphatic heterocycles. The van der Waals surface area contributed by atoms with Gasteiger partial charge in [0.05, 0.1) is 0 Å². The van der Waals surface area contributed by atoms with Crippen LogP contribution in [0.2, 0.25) is 0 Å². The lowest BCUT2D eigenvalue weighted by Gasteiger charge is -2.59. The lowest BCUT2D eigenvalue weighted by Crippen LogP contribution is -2.55. The van der Waals surface area contributed by atoms with E-state index >= 15 is 0 Å². The van der Waals surface area contributed by atoms with Crippen molar-refractivity contribution in [1.82, 2.24) is 9.97 Å². The predicted octanol–water partition coefficient (Wildman–Crippen LogP) is 3.05. The third-order valence-electron chi connectivity index (χ3n) is 5.74. The van der Waals surface area contributed by atoms with Crippen molar-refractivity contribution in [2.45, 2.75) is 49.7 Å². The number of rotatable bonds is 4. The molecule has 1 aromatic heterocycles. The van der Waals surface area contributed by atoms with Crippen molar-refractivity contribution < 1.29 is 0 Å². The number of aromatic nitrogens is 2. The maximum atomic E-state index is 6.63. The van der Waals surface area contributed by atoms with Crippen LogP contribution in [0, 0.1) is 23.2 Å². The molecule has 4 heteroatoms. The van der Waals surface area contributed by atoms with Gasteiger partial charge in [-0.1, -0.05) is 11.8 Å². The van der Waals surface area contributed by atoms with Crippen molar-refractivity contribution in [3.05, 3.63) is 12.4 Å². The summed E-state index contributed by atoms with van der Waals surface area (Å²) >= 11 is 1.79. The minimum atomic E-state index is 0.344. The Balaban J connectivity index is 1.45. The zero-order valence-corrected chi connectivity index (χ0v) is 12.2. The van der Waals surface area contributed by atoms with Crippen LogP contribution in [0.1, 0.15) is 38.5 Å². The Hall–Kier alpha value is -0.480. The highest BCUT2D eigenvalue weighted by atomic mass is 32.2. The van der Waals surface area contributed by atoms with E-state index < -0.39 is 0 Å². The Labute approximate surface area is 119 Å². The summed E-state index contributed by atoms with van der Waals surface area (Å²) in [5.74, 6) is 3.99. The quantitative estimate of drug-likeness (QED) is 0.832. The molecule has 4 bridgehead atoms. The molecule has 0 amide bonds. The molecule has 4 fully saturated rings. The predicted molar refractivity (Wildman–Crippen MR) is 77.9 cm³/mol. The summed E-state index contributed by atoms with van der Waals surface area (Å²) in [6.07, 6.45) is 12.4. The van der Waals surface area contributed by atoms with Gasteiger partial charge in [0.15, 0.2) is 5.16 Å². The number of hydrogen-bond donors (Lipinski definition) is 2. The van der Waals surface area contributed by atoms with Crippen LogP contribution in [0.25, 0.3) is 0 Å². The lowest BCUT2D eigenvalue weighted by atomic mass is 9.48. The number of nitrogens with one attached hydrogen (secondary N) is 1. The van der Waals surface area contributed by atoms with Gasteiger partial charge >= 0.3 is 0 Å². The molecular weight excluding hydrogens is 254 g/mol. The van der Waals surface area contributed by atoms with Crippen LogP contribution in [0.15, 0.2) is 17.6 Å². The highest BCUT2D eigenvalue weighted by molar-refractivity contribution is 7.99. The van der Waals surface area contributed by atoms with Crippen molar-refractivity contribution in [3.63, 3.8) is 0 Å². The number of nitrogens with zero attached hydrogens (tertiary/aromatic N) is 1. The van der Waals surface area contributed by atoms with Crippen LogP contribution < -0.4 is 5.73 Å². The molecule has 1 unspecified atom stereocenters. The van der Waals surface area contributed by atoms with Crippen molar-refractivity contribution in [1.29, 1.82) is 0 Å². The van der Waals surface area contributed by atoms with Gasteiger partial charge in [-0.15, -0.1) is 0 Å². The summed E-state index contributed by atoms with van der Waals surface area (Å²) in [5, 5.41) is 1.01. The maximum Gasteiger partial charge on any atom is 0.165 e. The Morgan fingerprint density at radius 2 is 1.89 bits per heavy atom. The number of hydrogen-bond acceptors (Lipinski definition) is 3. The van der Waals surface area contributed by atoms with Crippen LogP contribution in [0.5, 0.6) is 0 Å². The second kappa shape index (κ2) is 4.52. The number of thioether (sulfide) groups is 1. The van der Waals surface area contributed by atoms with Gasteiger partial charge in [-0.2, -0.15) is 0 Å². The molecule has 4 saturated carbocycles. The van der Waals surface area contributed by atoms with Gasteiger partial charge in [0.25, 0.3) is 0 Å². The molecule has 19 heavy (non-hydrogen) atoms. The first-order chi connectivity index (χ1) is 9.23. The summed E-state index contributed by atoms with van der Waals surface area (Å²) in [7, 11) is 0. The van der Waals surface area contributed by atoms with Crippen LogP contribution in [0.4, 0.5) is 0 Å². The number of aromatic amines is 1. The number of nitrogens with two attached hydrogens (primary N) is 1. The zero-order valence-electron chi connectivity index (χ0n) is 11.3. The van der Waals surface area contributed by atoms with Crippen molar-refractivity contribution >= 4 is 11.8 Å². The first-order valence-electron chi connectivity index (χ1n) is 7.61. The SMILES string of the molecule is NC(CSc1ncc[nH]1)C12CC3CC(CC(C3)C1)C2. The summed E-state index contributed by atoms with van der Waals surface area (Å²) in [5.41, 5.74) is 7.09. The molecule has 4 aliphatic rings. The number of H-pyrrole nitrogens is 1. The fourth-order valence-corrected chi connectivity index (χ4v) is 6.28. The molecule has 4 aliphatic carbocycles. The van der Waals surface area contributed by atoms with Gasteiger partial charge in [-0.25, -0.2) is 4.98 Å². The van der Waals surface area contributed by atoms with Crippen molar-refractivity contribution in [2.24, 2.45) is 28.9 Å². The average molecular weight is 277 g/mol. The van der Waals surface area contributed by atoms with E-state index in [1.165, 1.54) is 38.5 Å². The van der Waals surface area contributed by atoms with Crippen molar-refractivity contribution in [3.8, 4) is 0 Å². The lowest BCUT2D eigenvalue weighted by molar-refractivity contribution is -0.0629. The van der Waals surface area contributed by atoms with Gasteiger partial charge in [-0.3, -0.25) is 0 Å². The van der Waals surface area contributed by atoms with E-state index in [4.69, 9.17) is 5.73 Å². The van der Waals surface area contributed by atoms with Gasteiger partial charge in [0.2, 0.25) is 0 Å². The molecule has 0 radical (unpaired) electrons. The van der Waals surface area contributed by atoms with Gasteiger partial charge in [0.1, 0.15) is 0 Å². The minimum absolute atomic E-state index is 0.344. The van der Waals surface area contributed by atoms with Crippen LogP contribution in [0.3, 0.4) is 0 Å². The second-order valence-electron chi connectivity index (χ2n) is 7.09. The van der Waals surface area contributed by atoms with E-state index in [1.54, 1.807) is 11.8 Å². The molecule has 0 aromatic carbocycles. The molecule has 5 rings (SSSR count). The highest BCUT2D eigenvalue weighted by Gasteiger charge is 2.53. The molecule has 1 aromatic rings. The summed E-state index contributed by atoms with van der Waals surface area (Å²) in [6, 6.07) is 0.344. The fourth-order valence-electron chi connectivity index (χ4n) is 5.31. The molecular formula is C15H23N3S. The summed E-state index contributed by atoms with van der Waals surface area (Å²) < 4.78 is 0. The molecule has 0 spiro atoms. The van der Waals surface area contributed by atoms with E-state index in [-0.39, 0.29) is 0 Å². The van der Waals surface area contributed by atoms with E-state index in [2.05, 4.69) is 9.97 Å². The molecule has 104 valence electrons. The Morgan fingerprint density at radius 3 is 2.42 bits per heavy atom. The zero-order chi connectivity index (χ0) is 12.9. The van der Waals surface area contributed by atoms with Gasteiger partial charge in [0, 0.05) is 24.2 Å². The third-order valence-corrected chi connectivity index (χ3v) is 6.77. The Bertz CT molecular complexity index is 407. The molecule has 1 atom stereocenters. The molecule has 0 saturated heterocycles. The second-order valence-corrected chi connectivity index (χ2v) is 8.10. The van der Waals surface area contributed by atoms with Crippen LogP contribution >= 0.6 is 11.8 Å². The first-order valence-corrected chi connectivity index (χ1v) is 8.60. The topological polar surface area (TPSA) is 54.7 Å². The highest BCUT2D eigenvalue weighted by Crippen LogP contribution is 2.61. The van der Waals surface area contributed by atoms with Crippen molar-refractivity contribution in [2.75, 3.05) is 5.75 Å². The van der Waals surface area contributed by atoms with E-state index in [9.17, 15) is 0 Å². The largest absolute Gasteiger partial charge is 0.340 e. The standard InChI is InChI=1S/C15H23N3S/c16-13(9-19-14-17-1-2-18-14)15-6-10-3-11(7-15)5-12(4-10)8-15/h1-2,10-13H,3-9,16H2,(H,17,18). The maximum absolute atomic E-state index is 6.63. The van der Waals surface area contributed by atoms with Gasteiger partial charge in [-0.05, 0) is 61.7 Å². The van der Waals surface area contributed by atoms with Crippen LogP contribution in [-0.2, 0) is 0 Å². The van der Waals surface area contributed by atoms with Crippen LogP contribution in [-0.4, -0.2) is 21.8 Å². The number of imidazole rings is 1. The average Bonchev–Trinajstić information content (AvgIpc) is 2.87. The van der Waals surface area contributed by atoms with E-state index in [1.807, 2.05) is 12.4 Å². The molecule has 1 heterocycles. The minimum Gasteiger partial charge on any atom is -0.340 e. The fraction of sp³-hybridized carbons (Fsp3) is 0.800. The smallest absolute Gasteiger partial charge is 0.165 e. The Kier molecular flexibility index (Phi) is 2.92. The van der Waals surface area contributed by atoms with E-state index in [0.717, 1.165) is 28.7 Å². The Morgan fingerprint density at radius 1 is 1.26 bits per heavy atom. The molecule has 3 nitrogen and oxygen atoms in total. The first kappa shape index (κ1) is 12.3. The van der Waals surface area contributed by atoms with E-state index in [0.29, 0.717) is 11.5 Å². The normalized spacial score (nSPS) is 41.6. The third kappa shape index (κ3) is 2.13.